The molecule has 0 aliphatic carbocycles. The Labute approximate surface area is 253 Å². The second-order valence-electron chi connectivity index (χ2n) is 9.37. The van der Waals surface area contributed by atoms with Crippen LogP contribution in [-0.4, -0.2) is 37.9 Å². The third kappa shape index (κ3) is 7.88. The first-order chi connectivity index (χ1) is 20.4. The molecule has 4 aromatic rings. The quantitative estimate of drug-likeness (QED) is 0.0545. The summed E-state index contributed by atoms with van der Waals surface area (Å²) in [6.45, 7) is 4.59. The molecule has 0 bridgehead atoms. The van der Waals surface area contributed by atoms with Crippen LogP contribution in [0, 0.1) is 0 Å². The number of ether oxygens (including phenoxy) is 4. The zero-order chi connectivity index (χ0) is 29.9. The minimum absolute atomic E-state index is 0.257. The molecule has 9 heteroatoms. The lowest BCUT2D eigenvalue weighted by Crippen LogP contribution is -2.35. The van der Waals surface area contributed by atoms with Gasteiger partial charge in [0.1, 0.15) is 11.5 Å². The van der Waals surface area contributed by atoms with Gasteiger partial charge in [-0.3, -0.25) is 4.79 Å². The minimum atomic E-state index is -0.743. The fraction of sp³-hybridized carbons (Fsp3) is 0.242. The molecule has 1 atom stereocenters. The summed E-state index contributed by atoms with van der Waals surface area (Å²) in [4.78, 5) is 25.5. The molecule has 0 fully saturated rings. The Morgan fingerprint density at radius 2 is 1.71 bits per heavy atom. The summed E-state index contributed by atoms with van der Waals surface area (Å²) in [5.74, 6) is 0.970. The third-order valence-corrected chi connectivity index (χ3v) is 7.21. The van der Waals surface area contributed by atoms with Gasteiger partial charge in [-0.05, 0) is 93.6 Å². The first kappa shape index (κ1) is 30.6. The molecule has 0 saturated heterocycles. The van der Waals surface area contributed by atoms with Crippen LogP contribution < -0.4 is 24.4 Å². The van der Waals surface area contributed by atoms with Crippen molar-refractivity contribution in [3.8, 4) is 23.0 Å². The van der Waals surface area contributed by atoms with E-state index in [2.05, 4.69) is 33.4 Å². The highest BCUT2D eigenvalue weighted by Crippen LogP contribution is 2.34. The number of unbranched alkanes of at least 4 members (excludes halogenated alkanes) is 1. The molecule has 0 radical (unpaired) electrons. The van der Waals surface area contributed by atoms with Gasteiger partial charge in [0, 0.05) is 0 Å². The average molecular weight is 634 g/mol. The zero-order valence-corrected chi connectivity index (χ0v) is 25.3. The van der Waals surface area contributed by atoms with Crippen LogP contribution in [0.1, 0.15) is 49.0 Å². The summed E-state index contributed by atoms with van der Waals surface area (Å²) in [5, 5.41) is 6.14. The maximum atomic E-state index is 12.8. The Kier molecular flexibility index (Phi) is 10.9. The van der Waals surface area contributed by atoms with Gasteiger partial charge >= 0.3 is 5.97 Å². The highest BCUT2D eigenvalue weighted by atomic mass is 79.9. The summed E-state index contributed by atoms with van der Waals surface area (Å²) < 4.78 is 23.4. The molecule has 4 aromatic carbocycles. The fourth-order valence-electron chi connectivity index (χ4n) is 4.05. The maximum Gasteiger partial charge on any atom is 0.343 e. The van der Waals surface area contributed by atoms with E-state index >= 15 is 0 Å². The predicted molar refractivity (Wildman–Crippen MR) is 167 cm³/mol. The molecular formula is C33H33BrN2O6. The van der Waals surface area contributed by atoms with Gasteiger partial charge in [0.2, 0.25) is 0 Å². The number of hydrazone groups is 1. The van der Waals surface area contributed by atoms with Crippen molar-refractivity contribution in [2.45, 2.75) is 39.2 Å². The molecule has 218 valence electrons. The lowest BCUT2D eigenvalue weighted by Gasteiger charge is -2.17. The van der Waals surface area contributed by atoms with E-state index in [0.29, 0.717) is 41.4 Å². The molecule has 0 unspecified atom stereocenters. The highest BCUT2D eigenvalue weighted by molar-refractivity contribution is 9.10. The van der Waals surface area contributed by atoms with E-state index in [4.69, 9.17) is 18.9 Å². The number of fused-ring (bicyclic) bond motifs is 1. The van der Waals surface area contributed by atoms with Crippen LogP contribution in [0.15, 0.2) is 88.4 Å². The van der Waals surface area contributed by atoms with E-state index in [-0.39, 0.29) is 11.7 Å². The number of halogens is 1. The van der Waals surface area contributed by atoms with Crippen LogP contribution in [0.3, 0.4) is 0 Å². The SMILES string of the molecule is CCCCOc1ccc(C(=O)Oc2ccc(/C=N\NC(=O)[C@H](CC)Oc3ccc4ccccc4c3Br)cc2OC)cc1. The Morgan fingerprint density at radius 1 is 0.952 bits per heavy atom. The van der Waals surface area contributed by atoms with Crippen molar-refractivity contribution < 1.29 is 28.5 Å². The number of nitrogens with zero attached hydrogens (tertiary/aromatic N) is 1. The van der Waals surface area contributed by atoms with Gasteiger partial charge in [0.05, 0.1) is 30.0 Å². The number of carbonyl (C=O) groups is 2. The van der Waals surface area contributed by atoms with E-state index in [1.807, 2.05) is 43.3 Å². The number of esters is 1. The van der Waals surface area contributed by atoms with Crippen molar-refractivity contribution in [1.29, 1.82) is 0 Å². The number of rotatable bonds is 13. The lowest BCUT2D eigenvalue weighted by molar-refractivity contribution is -0.128. The Bertz CT molecular complexity index is 1550. The van der Waals surface area contributed by atoms with Crippen LogP contribution in [0.4, 0.5) is 0 Å². The van der Waals surface area contributed by atoms with E-state index in [1.54, 1.807) is 42.5 Å². The van der Waals surface area contributed by atoms with Crippen LogP contribution in [0.2, 0.25) is 0 Å². The number of amides is 1. The first-order valence-corrected chi connectivity index (χ1v) is 14.5. The number of hydrogen-bond donors (Lipinski definition) is 1. The molecule has 0 aliphatic rings. The van der Waals surface area contributed by atoms with Crippen molar-refractivity contribution in [2.75, 3.05) is 13.7 Å². The van der Waals surface area contributed by atoms with Gasteiger partial charge in [-0.25, -0.2) is 10.2 Å². The Balaban J connectivity index is 1.35. The number of benzene rings is 4. The smallest absolute Gasteiger partial charge is 0.343 e. The van der Waals surface area contributed by atoms with Crippen LogP contribution in [0.5, 0.6) is 23.0 Å². The largest absolute Gasteiger partial charge is 0.494 e. The van der Waals surface area contributed by atoms with Crippen molar-refractivity contribution in [3.05, 3.63) is 94.5 Å². The summed E-state index contributed by atoms with van der Waals surface area (Å²) >= 11 is 3.60. The van der Waals surface area contributed by atoms with Crippen molar-refractivity contribution in [3.63, 3.8) is 0 Å². The summed E-state index contributed by atoms with van der Waals surface area (Å²) in [6, 6.07) is 23.5. The summed E-state index contributed by atoms with van der Waals surface area (Å²) in [6.07, 6.45) is 3.19. The first-order valence-electron chi connectivity index (χ1n) is 13.7. The highest BCUT2D eigenvalue weighted by Gasteiger charge is 2.20. The second kappa shape index (κ2) is 15.0. The minimum Gasteiger partial charge on any atom is -0.494 e. The number of methoxy groups -OCH3 is 1. The van der Waals surface area contributed by atoms with E-state index < -0.39 is 12.1 Å². The molecule has 1 amide bonds. The molecular weight excluding hydrogens is 600 g/mol. The molecule has 0 heterocycles. The van der Waals surface area contributed by atoms with Gasteiger partial charge in [-0.1, -0.05) is 50.6 Å². The van der Waals surface area contributed by atoms with Crippen LogP contribution in [0.25, 0.3) is 10.8 Å². The number of carbonyl (C=O) groups excluding carboxylic acids is 2. The molecule has 0 spiro atoms. The molecule has 8 nitrogen and oxygen atoms in total. The lowest BCUT2D eigenvalue weighted by atomic mass is 10.1. The third-order valence-electron chi connectivity index (χ3n) is 6.40. The number of nitrogens with one attached hydrogen (secondary N) is 1. The van der Waals surface area contributed by atoms with E-state index in [0.717, 1.165) is 28.1 Å². The normalized spacial score (nSPS) is 11.7. The topological polar surface area (TPSA) is 95.5 Å². The molecule has 0 saturated carbocycles. The van der Waals surface area contributed by atoms with Crippen LogP contribution in [-0.2, 0) is 4.79 Å². The van der Waals surface area contributed by atoms with Gasteiger partial charge < -0.3 is 18.9 Å². The maximum absolute atomic E-state index is 12.8. The van der Waals surface area contributed by atoms with Crippen molar-refractivity contribution >= 4 is 44.8 Å². The molecule has 1 N–H and O–H groups in total. The van der Waals surface area contributed by atoms with E-state index in [9.17, 15) is 9.59 Å². The Hall–Kier alpha value is -4.37. The second-order valence-corrected chi connectivity index (χ2v) is 10.2. The van der Waals surface area contributed by atoms with E-state index in [1.165, 1.54) is 13.3 Å². The zero-order valence-electron chi connectivity index (χ0n) is 23.8. The fourth-order valence-corrected chi connectivity index (χ4v) is 4.64. The standard InChI is InChI=1S/C33H33BrN2O6/c1-4-6-19-40-25-15-12-24(13-16-25)33(38)42-28-17-11-22(20-30(28)39-3)21-35-36-32(37)27(5-2)41-29-18-14-23-9-7-8-10-26(23)31(29)34/h7-18,20-21,27H,4-6,19H2,1-3H3,(H,36,37)/b35-21-/t27-/m0/s1. The van der Waals surface area contributed by atoms with Crippen molar-refractivity contribution in [1.82, 2.24) is 5.43 Å². The monoisotopic (exact) mass is 632 g/mol. The van der Waals surface area contributed by atoms with Crippen LogP contribution >= 0.6 is 15.9 Å². The molecule has 4 rings (SSSR count). The van der Waals surface area contributed by atoms with Gasteiger partial charge in [-0.2, -0.15) is 5.10 Å². The Morgan fingerprint density at radius 3 is 2.45 bits per heavy atom. The van der Waals surface area contributed by atoms with Gasteiger partial charge in [0.15, 0.2) is 17.6 Å². The molecule has 42 heavy (non-hydrogen) atoms. The summed E-state index contributed by atoms with van der Waals surface area (Å²) in [5.41, 5.74) is 3.56. The predicted octanol–water partition coefficient (Wildman–Crippen LogP) is 7.32. The summed E-state index contributed by atoms with van der Waals surface area (Å²) in [7, 11) is 1.48. The number of hydrogen-bond acceptors (Lipinski definition) is 7. The average Bonchev–Trinajstić information content (AvgIpc) is 3.02. The van der Waals surface area contributed by atoms with Crippen molar-refractivity contribution in [2.24, 2.45) is 5.10 Å². The molecule has 0 aromatic heterocycles. The van der Waals surface area contributed by atoms with Gasteiger partial charge in [0.25, 0.3) is 5.91 Å². The molecule has 0 aliphatic heterocycles. The van der Waals surface area contributed by atoms with Gasteiger partial charge in [-0.15, -0.1) is 0 Å².